The van der Waals surface area contributed by atoms with Gasteiger partial charge in [0.15, 0.2) is 42.6 Å². The lowest BCUT2D eigenvalue weighted by molar-refractivity contribution is 0.413. The van der Waals surface area contributed by atoms with Crippen LogP contribution in [0.25, 0.3) is 20.8 Å². The van der Waals surface area contributed by atoms with E-state index < -0.39 is 111 Å². The fraction of sp³-hybridized carbons (Fsp3) is 0.150. The topological polar surface area (TPSA) is 400 Å². The molecule has 0 atom stereocenters. The van der Waals surface area contributed by atoms with E-state index in [-0.39, 0.29) is 56.1 Å². The Morgan fingerprint density at radius 1 is 0.639 bits per heavy atom. The summed E-state index contributed by atoms with van der Waals surface area (Å²) in [6, 6.07) is 14.3. The molecule has 2 aromatic heterocycles. The third kappa shape index (κ3) is 9.46. The predicted molar refractivity (Wildman–Crippen MR) is 259 cm³/mol. The van der Waals surface area contributed by atoms with Gasteiger partial charge in [0.2, 0.25) is 17.8 Å². The number of fused-ring (bicyclic) bond motifs is 5. The zero-order chi connectivity index (χ0) is 52.2. The monoisotopic (exact) mass is 1100 g/mol. The van der Waals surface area contributed by atoms with Crippen molar-refractivity contribution in [3.63, 3.8) is 0 Å². The average molecular weight is 1100 g/mol. The van der Waals surface area contributed by atoms with Gasteiger partial charge in [-0.2, -0.15) is 48.6 Å². The second-order valence-electron chi connectivity index (χ2n) is 16.0. The maximum atomic E-state index is 13.5. The highest BCUT2D eigenvalue weighted by Gasteiger charge is 2.37. The van der Waals surface area contributed by atoms with Crippen molar-refractivity contribution in [3.8, 4) is 33.6 Å². The van der Waals surface area contributed by atoms with E-state index in [1.54, 1.807) is 37.3 Å². The van der Waals surface area contributed by atoms with Gasteiger partial charge in [0, 0.05) is 36.7 Å². The van der Waals surface area contributed by atoms with Gasteiger partial charge in [0.05, 0.1) is 27.3 Å². The average Bonchev–Trinajstić information content (AvgIpc) is 3.69. The number of anilines is 6. The van der Waals surface area contributed by atoms with Crippen LogP contribution in [0, 0.1) is 13.8 Å². The summed E-state index contributed by atoms with van der Waals surface area (Å²) in [4.78, 5) is 24.8. The lowest BCUT2D eigenvalue weighted by Gasteiger charge is -2.25. The van der Waals surface area contributed by atoms with Gasteiger partial charge in [-0.25, -0.2) is 23.4 Å². The van der Waals surface area contributed by atoms with E-state index >= 15 is 0 Å². The summed E-state index contributed by atoms with van der Waals surface area (Å²) < 4.78 is 179. The van der Waals surface area contributed by atoms with Crippen LogP contribution in [0.3, 0.4) is 0 Å². The van der Waals surface area contributed by atoms with Gasteiger partial charge in [-0.3, -0.25) is 18.2 Å². The highest BCUT2D eigenvalue weighted by Crippen LogP contribution is 2.48. The second-order valence-corrected chi connectivity index (χ2v) is 24.6. The van der Waals surface area contributed by atoms with Crippen molar-refractivity contribution in [3.05, 3.63) is 82.5 Å². The number of sulfone groups is 1. The normalized spacial score (nSPS) is 13.3. The summed E-state index contributed by atoms with van der Waals surface area (Å²) in [5.74, 6) is -3.68. The maximum absolute atomic E-state index is 13.5. The van der Waals surface area contributed by atoms with Gasteiger partial charge in [-0.15, -0.1) is 11.3 Å². The van der Waals surface area contributed by atoms with E-state index in [0.717, 1.165) is 29.7 Å². The molecule has 8 N–H and O–H groups in total. The molecule has 0 fully saturated rings. The van der Waals surface area contributed by atoms with Crippen molar-refractivity contribution >= 4 is 118 Å². The van der Waals surface area contributed by atoms with Crippen molar-refractivity contribution < 1.29 is 69.8 Å². The van der Waals surface area contributed by atoms with Gasteiger partial charge in [-0.05, 0) is 74.0 Å². The van der Waals surface area contributed by atoms with E-state index in [1.807, 2.05) is 0 Å². The quantitative estimate of drug-likeness (QED) is 0.0620. The molecule has 2 aliphatic rings. The molecule has 0 bridgehead atoms. The summed E-state index contributed by atoms with van der Waals surface area (Å²) in [5, 5.41) is 5.43. The number of nitrogens with two attached hydrogens (primary N) is 1. The highest BCUT2D eigenvalue weighted by molar-refractivity contribution is 7.90. The molecule has 4 heterocycles. The van der Waals surface area contributed by atoms with Crippen molar-refractivity contribution in [1.82, 2.24) is 19.9 Å². The molecular formula is C40H34N10O16S6. The molecule has 0 radical (unpaired) electrons. The molecule has 9 rings (SSSR count). The number of aryl methyl sites for hydroxylation is 1. The Hall–Kier alpha value is -7.01. The molecule has 376 valence electrons. The van der Waals surface area contributed by atoms with E-state index in [2.05, 4.69) is 40.6 Å². The molecule has 0 amide bonds. The molecule has 26 nitrogen and oxygen atoms in total. The Balaban J connectivity index is 1.12. The van der Waals surface area contributed by atoms with Crippen LogP contribution in [-0.2, 0) is 50.3 Å². The minimum absolute atomic E-state index is 0.00225. The van der Waals surface area contributed by atoms with Crippen LogP contribution in [0.15, 0.2) is 90.2 Å². The third-order valence-corrected chi connectivity index (χ3v) is 16.8. The van der Waals surface area contributed by atoms with Crippen molar-refractivity contribution in [1.29, 1.82) is 0 Å². The minimum atomic E-state index is -5.33. The summed E-state index contributed by atoms with van der Waals surface area (Å²) in [5.41, 5.74) is 6.03. The van der Waals surface area contributed by atoms with Crippen molar-refractivity contribution in [2.75, 3.05) is 46.9 Å². The fourth-order valence-electron chi connectivity index (χ4n) is 7.59. The van der Waals surface area contributed by atoms with Crippen LogP contribution in [-0.4, -0.2) is 106 Å². The van der Waals surface area contributed by atoms with Gasteiger partial charge >= 0.3 is 0 Å². The Bertz CT molecular complexity index is 4250. The van der Waals surface area contributed by atoms with Gasteiger partial charge < -0.3 is 30.7 Å². The van der Waals surface area contributed by atoms with Crippen LogP contribution in [0.4, 0.5) is 46.3 Å². The van der Waals surface area contributed by atoms with E-state index in [9.17, 15) is 60.3 Å². The number of nitrogen functional groups attached to an aromatic ring is 1. The number of nitrogens with zero attached hydrogens (tertiary/aromatic N) is 7. The molecular weight excluding hydrogens is 1070 g/mol. The number of aromatic nitrogens is 4. The van der Waals surface area contributed by atoms with Crippen LogP contribution >= 0.6 is 11.3 Å². The summed E-state index contributed by atoms with van der Waals surface area (Å²) in [6.07, 6.45) is 0.778. The van der Waals surface area contributed by atoms with E-state index in [1.165, 1.54) is 37.1 Å². The molecule has 0 spiro atoms. The summed E-state index contributed by atoms with van der Waals surface area (Å²) in [7, 11) is -22.5. The smallest absolute Gasteiger partial charge is 0.300 e. The molecule has 7 aromatic rings. The fourth-order valence-corrected chi connectivity index (χ4v) is 12.9. The first-order chi connectivity index (χ1) is 33.5. The van der Waals surface area contributed by atoms with Gasteiger partial charge in [0.1, 0.15) is 36.9 Å². The molecule has 72 heavy (non-hydrogen) atoms. The molecule has 0 saturated carbocycles. The van der Waals surface area contributed by atoms with Crippen molar-refractivity contribution in [2.24, 2.45) is 9.98 Å². The maximum Gasteiger partial charge on any atom is 0.300 e. The number of ether oxygens (including phenoxy) is 2. The molecule has 0 saturated heterocycles. The largest absolute Gasteiger partial charge is 0.451 e. The molecule has 0 unspecified atom stereocenters. The standard InChI is InChI=1S/C40H34N10O16S6/c1-17-5-11-24-32(33(17)70(56,57)58)67-37(45-24)19-6-8-20(9-7-19)42-38-47-39(49-40(48-38)50(3)15-16-69(53,54)55)46-25-14-13-23-30(35(25)72(62,63)64)65-28-18(2)26-31(36(27(28)44-23)68(4,51)52)66-29-22(43-26)12-10-21(41)34(29)71(59,60)61/h5-14H,15-16,41H2,1-4H3,(H,53,54,55)(H,56,57,58)(H,59,60,61)(H,62,63,64)(H2,42,46,47,48,49). The third-order valence-electron chi connectivity index (χ3n) is 10.8. The summed E-state index contributed by atoms with van der Waals surface area (Å²) >= 11 is 1.04. The first kappa shape index (κ1) is 50.0. The molecule has 5 aromatic carbocycles. The lowest BCUT2D eigenvalue weighted by atomic mass is 10.1. The highest BCUT2D eigenvalue weighted by atomic mass is 32.2. The van der Waals surface area contributed by atoms with Gasteiger partial charge in [0.25, 0.3) is 40.5 Å². The number of nitrogens with one attached hydrogen (secondary N) is 2. The first-order valence-corrected chi connectivity index (χ1v) is 28.8. The number of benzene rings is 5. The lowest BCUT2D eigenvalue weighted by Crippen LogP contribution is -2.29. The Kier molecular flexibility index (Phi) is 12.0. The minimum Gasteiger partial charge on any atom is -0.451 e. The zero-order valence-electron chi connectivity index (χ0n) is 37.0. The number of hydrogen-bond acceptors (Lipinski definition) is 23. The number of thiazole rings is 1. The van der Waals surface area contributed by atoms with Crippen molar-refractivity contribution in [2.45, 2.75) is 33.4 Å². The summed E-state index contributed by atoms with van der Waals surface area (Å²) in [6.45, 7) is 2.58. The van der Waals surface area contributed by atoms with Gasteiger partial charge in [-0.1, -0.05) is 6.07 Å². The molecule has 0 aliphatic carbocycles. The first-order valence-electron chi connectivity index (χ1n) is 20.1. The number of hydrogen-bond donors (Lipinski definition) is 7. The van der Waals surface area contributed by atoms with E-state index in [4.69, 9.17) is 15.2 Å². The second kappa shape index (κ2) is 17.3. The number of rotatable bonds is 13. The van der Waals surface area contributed by atoms with Crippen LogP contribution in [0.1, 0.15) is 11.1 Å². The molecule has 2 aliphatic heterocycles. The van der Waals surface area contributed by atoms with Crippen LogP contribution in [0.5, 0.6) is 23.0 Å². The Morgan fingerprint density at radius 3 is 1.83 bits per heavy atom. The predicted octanol–water partition coefficient (Wildman–Crippen LogP) is 4.42. The zero-order valence-corrected chi connectivity index (χ0v) is 41.9. The molecule has 32 heteroatoms. The Morgan fingerprint density at radius 2 is 1.22 bits per heavy atom. The SMILES string of the molecule is Cc1ccc2nc(-c3ccc(Nc4nc(Nc5ccc6c(c5S(=O)(=O)O)Oc5c(C)c7c(c(S(C)(=O)=O)c5=N6)Oc5c(ccc(N)c5S(=O)(=O)O)N=7)nc(N(C)CCS(=O)(=O)O)n4)cc3)sc2c1S(=O)(=O)O. The van der Waals surface area contributed by atoms with E-state index in [0.29, 0.717) is 27.3 Å². The van der Waals surface area contributed by atoms with Crippen LogP contribution in [0.2, 0.25) is 0 Å². The van der Waals surface area contributed by atoms with Crippen LogP contribution < -0.4 is 41.5 Å². The Labute approximate surface area is 411 Å².